The zero-order valence-electron chi connectivity index (χ0n) is 17.3. The Bertz CT molecular complexity index is 848. The molecule has 3 aliphatic heterocycles. The first-order valence-corrected chi connectivity index (χ1v) is 11.6. The van der Waals surface area contributed by atoms with Crippen molar-refractivity contribution in [2.75, 3.05) is 31.5 Å². The molecule has 0 bridgehead atoms. The molecule has 8 heteroatoms. The number of nitrogens with zero attached hydrogens (tertiary/aromatic N) is 3. The second-order valence-electron chi connectivity index (χ2n) is 8.36. The molecular formula is C22H28N4O3S. The lowest BCUT2D eigenvalue weighted by atomic mass is 9.99. The number of carbonyl (C=O) groups is 3. The molecule has 2 atom stereocenters. The summed E-state index contributed by atoms with van der Waals surface area (Å²) in [6.45, 7) is 5.63. The number of thioether (sulfide) groups is 1. The fourth-order valence-electron chi connectivity index (χ4n) is 4.19. The maximum Gasteiger partial charge on any atom is 0.262 e. The Morgan fingerprint density at radius 1 is 1.13 bits per heavy atom. The maximum absolute atomic E-state index is 12.7. The van der Waals surface area contributed by atoms with Gasteiger partial charge in [-0.2, -0.15) is 4.99 Å². The van der Waals surface area contributed by atoms with Crippen LogP contribution < -0.4 is 5.32 Å². The Hall–Kier alpha value is -2.35. The van der Waals surface area contributed by atoms with Crippen LogP contribution in [0.2, 0.25) is 0 Å². The second kappa shape index (κ2) is 9.20. The summed E-state index contributed by atoms with van der Waals surface area (Å²) in [5.41, 5.74) is 1.26. The molecule has 0 saturated carbocycles. The summed E-state index contributed by atoms with van der Waals surface area (Å²) in [5, 5.41) is 3.13. The van der Waals surface area contributed by atoms with Gasteiger partial charge >= 0.3 is 0 Å². The van der Waals surface area contributed by atoms with Crippen LogP contribution >= 0.6 is 11.8 Å². The van der Waals surface area contributed by atoms with E-state index in [0.717, 1.165) is 50.6 Å². The molecule has 4 rings (SSSR count). The minimum absolute atomic E-state index is 0.0407. The standard InChI is InChI=1S/C22H28N4O3S/c1-15-5-4-12-26(14-15)21(29)16-6-8-17(9-7-16)23-19(27)13-18-20(28)24-22(30-18)25-10-2-3-11-25/h6-9,15,18H,2-5,10-14H2,1H3,(H,23,27)/t15-,18+/m1/s1. The normalized spacial score (nSPS) is 24.2. The third kappa shape index (κ3) is 4.86. The molecule has 3 amide bonds. The third-order valence-electron chi connectivity index (χ3n) is 5.84. The van der Waals surface area contributed by atoms with Crippen LogP contribution in [-0.4, -0.2) is 64.1 Å². The Morgan fingerprint density at radius 2 is 1.87 bits per heavy atom. The summed E-state index contributed by atoms with van der Waals surface area (Å²) in [6, 6.07) is 6.99. The first-order valence-electron chi connectivity index (χ1n) is 10.7. The molecule has 2 fully saturated rings. The van der Waals surface area contributed by atoms with Crippen LogP contribution in [0.15, 0.2) is 29.3 Å². The van der Waals surface area contributed by atoms with Crippen molar-refractivity contribution < 1.29 is 14.4 Å². The highest BCUT2D eigenvalue weighted by molar-refractivity contribution is 8.15. The summed E-state index contributed by atoms with van der Waals surface area (Å²) in [4.78, 5) is 45.4. The van der Waals surface area contributed by atoms with Gasteiger partial charge in [0.1, 0.15) is 5.25 Å². The van der Waals surface area contributed by atoms with E-state index in [-0.39, 0.29) is 24.1 Å². The van der Waals surface area contributed by atoms with Crippen molar-refractivity contribution in [2.45, 2.75) is 44.3 Å². The van der Waals surface area contributed by atoms with Crippen LogP contribution in [0.3, 0.4) is 0 Å². The zero-order chi connectivity index (χ0) is 21.1. The number of likely N-dealkylation sites (tertiary alicyclic amines) is 2. The average Bonchev–Trinajstić information content (AvgIpc) is 3.38. The average molecular weight is 429 g/mol. The van der Waals surface area contributed by atoms with Crippen LogP contribution in [0.4, 0.5) is 5.69 Å². The molecule has 7 nitrogen and oxygen atoms in total. The predicted octanol–water partition coefficient (Wildman–Crippen LogP) is 2.98. The van der Waals surface area contributed by atoms with Crippen molar-refractivity contribution in [2.24, 2.45) is 10.9 Å². The maximum atomic E-state index is 12.7. The fourth-order valence-corrected chi connectivity index (χ4v) is 5.30. The molecular weight excluding hydrogens is 400 g/mol. The second-order valence-corrected chi connectivity index (χ2v) is 9.53. The van der Waals surface area contributed by atoms with E-state index in [4.69, 9.17) is 0 Å². The van der Waals surface area contributed by atoms with Crippen molar-refractivity contribution in [3.8, 4) is 0 Å². The van der Waals surface area contributed by atoms with E-state index >= 15 is 0 Å². The highest BCUT2D eigenvalue weighted by Crippen LogP contribution is 2.29. The summed E-state index contributed by atoms with van der Waals surface area (Å²) >= 11 is 1.39. The van der Waals surface area contributed by atoms with Crippen LogP contribution in [-0.2, 0) is 9.59 Å². The number of hydrogen-bond acceptors (Lipinski definition) is 5. The number of piperidine rings is 1. The minimum atomic E-state index is -0.456. The van der Waals surface area contributed by atoms with Crippen LogP contribution in [0.1, 0.15) is 49.4 Å². The van der Waals surface area contributed by atoms with E-state index in [0.29, 0.717) is 17.2 Å². The molecule has 0 spiro atoms. The molecule has 0 aliphatic carbocycles. The molecule has 3 aliphatic rings. The lowest BCUT2D eigenvalue weighted by Crippen LogP contribution is -2.39. The summed E-state index contributed by atoms with van der Waals surface area (Å²) in [5.74, 6) is 0.128. The molecule has 1 N–H and O–H groups in total. The lowest BCUT2D eigenvalue weighted by molar-refractivity contribution is -0.121. The Morgan fingerprint density at radius 3 is 2.57 bits per heavy atom. The minimum Gasteiger partial charge on any atom is -0.351 e. The van der Waals surface area contributed by atoms with Gasteiger partial charge in [0.05, 0.1) is 0 Å². The SMILES string of the molecule is C[C@@H]1CCCN(C(=O)c2ccc(NC(=O)C[C@@H]3SC(N4CCCC4)=NC3=O)cc2)C1. The number of benzene rings is 1. The topological polar surface area (TPSA) is 82.1 Å². The highest BCUT2D eigenvalue weighted by Gasteiger charge is 2.33. The summed E-state index contributed by atoms with van der Waals surface area (Å²) < 4.78 is 0. The first-order chi connectivity index (χ1) is 14.5. The number of amides is 3. The van der Waals surface area contributed by atoms with Gasteiger partial charge in [-0.05, 0) is 55.9 Å². The molecule has 30 heavy (non-hydrogen) atoms. The van der Waals surface area contributed by atoms with Gasteiger partial charge in [-0.1, -0.05) is 18.7 Å². The monoisotopic (exact) mass is 428 g/mol. The number of aliphatic imine (C=N–C) groups is 1. The molecule has 1 aromatic rings. The smallest absolute Gasteiger partial charge is 0.262 e. The van der Waals surface area contributed by atoms with Crippen molar-refractivity contribution in [1.29, 1.82) is 0 Å². The predicted molar refractivity (Wildman–Crippen MR) is 119 cm³/mol. The number of rotatable bonds is 4. The van der Waals surface area contributed by atoms with Gasteiger partial charge in [-0.3, -0.25) is 14.4 Å². The van der Waals surface area contributed by atoms with Crippen LogP contribution in [0, 0.1) is 5.92 Å². The number of anilines is 1. The van der Waals surface area contributed by atoms with E-state index in [1.54, 1.807) is 24.3 Å². The number of amidine groups is 1. The van der Waals surface area contributed by atoms with Gasteiger partial charge in [0.25, 0.3) is 11.8 Å². The van der Waals surface area contributed by atoms with Crippen molar-refractivity contribution in [3.63, 3.8) is 0 Å². The van der Waals surface area contributed by atoms with E-state index in [9.17, 15) is 14.4 Å². The summed E-state index contributed by atoms with van der Waals surface area (Å²) in [6.07, 6.45) is 4.54. The molecule has 160 valence electrons. The van der Waals surface area contributed by atoms with Gasteiger partial charge in [0.15, 0.2) is 5.17 Å². The van der Waals surface area contributed by atoms with Crippen molar-refractivity contribution in [3.05, 3.63) is 29.8 Å². The fraction of sp³-hybridized carbons (Fsp3) is 0.545. The highest BCUT2D eigenvalue weighted by atomic mass is 32.2. The Balaban J connectivity index is 1.29. The van der Waals surface area contributed by atoms with E-state index < -0.39 is 5.25 Å². The van der Waals surface area contributed by atoms with Crippen LogP contribution in [0.5, 0.6) is 0 Å². The van der Waals surface area contributed by atoms with Crippen LogP contribution in [0.25, 0.3) is 0 Å². The van der Waals surface area contributed by atoms with E-state index in [1.165, 1.54) is 18.2 Å². The molecule has 0 radical (unpaired) electrons. The largest absolute Gasteiger partial charge is 0.351 e. The zero-order valence-corrected chi connectivity index (χ0v) is 18.1. The van der Waals surface area contributed by atoms with Crippen molar-refractivity contribution in [1.82, 2.24) is 9.80 Å². The van der Waals surface area contributed by atoms with Gasteiger partial charge in [-0.15, -0.1) is 0 Å². The van der Waals surface area contributed by atoms with Gasteiger partial charge in [0, 0.05) is 43.9 Å². The van der Waals surface area contributed by atoms with E-state index in [1.807, 2.05) is 4.90 Å². The van der Waals surface area contributed by atoms with Gasteiger partial charge < -0.3 is 15.1 Å². The number of carbonyl (C=O) groups excluding carboxylic acids is 3. The molecule has 3 heterocycles. The first kappa shape index (κ1) is 20.9. The van der Waals surface area contributed by atoms with Crippen molar-refractivity contribution >= 4 is 40.3 Å². The quantitative estimate of drug-likeness (QED) is 0.797. The lowest BCUT2D eigenvalue weighted by Gasteiger charge is -2.31. The molecule has 0 unspecified atom stereocenters. The molecule has 1 aromatic carbocycles. The van der Waals surface area contributed by atoms with Gasteiger partial charge in [-0.25, -0.2) is 0 Å². The summed E-state index contributed by atoms with van der Waals surface area (Å²) in [7, 11) is 0. The number of nitrogens with one attached hydrogen (secondary N) is 1. The Labute approximate surface area is 181 Å². The molecule has 2 saturated heterocycles. The molecule has 0 aromatic heterocycles. The van der Waals surface area contributed by atoms with E-state index in [2.05, 4.69) is 22.1 Å². The van der Waals surface area contributed by atoms with Gasteiger partial charge in [0.2, 0.25) is 5.91 Å². The Kier molecular flexibility index (Phi) is 6.41. The number of hydrogen-bond donors (Lipinski definition) is 1. The third-order valence-corrected chi connectivity index (χ3v) is 7.05.